The molecule has 0 spiro atoms. The molecular weight excluding hydrogens is 324 g/mol. The fourth-order valence-electron chi connectivity index (χ4n) is 3.13. The Morgan fingerprint density at radius 2 is 2.21 bits per heavy atom. The summed E-state index contributed by atoms with van der Waals surface area (Å²) < 4.78 is 3.64. The maximum Gasteiger partial charge on any atom is 0.194 e. The van der Waals surface area contributed by atoms with E-state index in [2.05, 4.69) is 44.1 Å². The molecule has 1 N–H and O–H groups in total. The van der Waals surface area contributed by atoms with Crippen molar-refractivity contribution in [1.82, 2.24) is 19.7 Å². The molecule has 0 bridgehead atoms. The number of nitrogens with one attached hydrogen (secondary N) is 1. The van der Waals surface area contributed by atoms with Gasteiger partial charge in [0.15, 0.2) is 4.77 Å². The van der Waals surface area contributed by atoms with Crippen LogP contribution in [0.1, 0.15) is 31.2 Å². The van der Waals surface area contributed by atoms with Gasteiger partial charge in [-0.1, -0.05) is 6.92 Å². The average molecular weight is 339 g/mol. The minimum atomic E-state index is -0.0570. The van der Waals surface area contributed by atoms with Gasteiger partial charge in [-0.05, 0) is 58.5 Å². The smallest absolute Gasteiger partial charge is 0.194 e. The van der Waals surface area contributed by atoms with Crippen LogP contribution in [0.15, 0.2) is 22.9 Å². The van der Waals surface area contributed by atoms with Crippen molar-refractivity contribution in [3.8, 4) is 0 Å². The number of nitrogens with zero attached hydrogens (tertiary/aromatic N) is 3. The molecule has 6 heteroatoms. The average Bonchev–Trinajstić information content (AvgIpc) is 2.66. The van der Waals surface area contributed by atoms with Crippen LogP contribution in [-0.2, 0) is 12.5 Å². The van der Waals surface area contributed by atoms with Gasteiger partial charge < -0.3 is 4.57 Å². The van der Waals surface area contributed by atoms with Crippen molar-refractivity contribution in [2.75, 3.05) is 0 Å². The van der Waals surface area contributed by atoms with Gasteiger partial charge >= 0.3 is 0 Å². The summed E-state index contributed by atoms with van der Waals surface area (Å²) in [6, 6.07) is 2.14. The van der Waals surface area contributed by atoms with E-state index in [0.29, 0.717) is 10.7 Å². The first-order chi connectivity index (χ1) is 9.03. The fourth-order valence-corrected chi connectivity index (χ4v) is 3.62. The van der Waals surface area contributed by atoms with E-state index in [1.807, 2.05) is 24.0 Å². The molecular formula is C13H15BrN4S. The van der Waals surface area contributed by atoms with Gasteiger partial charge in [0.25, 0.3) is 0 Å². The summed E-state index contributed by atoms with van der Waals surface area (Å²) >= 11 is 8.74. The second kappa shape index (κ2) is 4.52. The summed E-state index contributed by atoms with van der Waals surface area (Å²) in [5.74, 6) is 1.71. The molecule has 0 unspecified atom stereocenters. The molecule has 100 valence electrons. The number of H-pyrrole nitrogens is 1. The normalized spacial score (nSPS) is 26.2. The first kappa shape index (κ1) is 13.0. The SMILES string of the molecule is CC1CC(c2cncc(Br)c2)(c2n[nH]c(=S)n2C)C1. The molecule has 0 atom stereocenters. The van der Waals surface area contributed by atoms with Gasteiger partial charge in [0.05, 0.1) is 5.41 Å². The van der Waals surface area contributed by atoms with Crippen LogP contribution in [0.5, 0.6) is 0 Å². The van der Waals surface area contributed by atoms with Crippen molar-refractivity contribution >= 4 is 28.1 Å². The molecule has 3 rings (SSSR count). The van der Waals surface area contributed by atoms with Gasteiger partial charge in [0, 0.05) is 23.9 Å². The van der Waals surface area contributed by atoms with Gasteiger partial charge in [0.2, 0.25) is 0 Å². The maximum absolute atomic E-state index is 5.24. The van der Waals surface area contributed by atoms with Gasteiger partial charge in [-0.25, -0.2) is 0 Å². The zero-order valence-corrected chi connectivity index (χ0v) is 13.3. The summed E-state index contributed by atoms with van der Waals surface area (Å²) in [6.45, 7) is 2.27. The third-order valence-corrected chi connectivity index (χ3v) is 4.76. The van der Waals surface area contributed by atoms with Crippen LogP contribution in [0.4, 0.5) is 0 Å². The Labute approximate surface area is 125 Å². The van der Waals surface area contributed by atoms with E-state index >= 15 is 0 Å². The highest BCUT2D eigenvalue weighted by atomic mass is 79.9. The zero-order chi connectivity index (χ0) is 13.6. The number of rotatable bonds is 2. The molecule has 4 nitrogen and oxygen atoms in total. The second-order valence-electron chi connectivity index (χ2n) is 5.40. The summed E-state index contributed by atoms with van der Waals surface area (Å²) in [6.07, 6.45) is 5.91. The Kier molecular flexibility index (Phi) is 3.09. The molecule has 0 amide bonds. The molecule has 0 saturated heterocycles. The number of pyridine rings is 1. The first-order valence-corrected chi connectivity index (χ1v) is 7.46. The van der Waals surface area contributed by atoms with E-state index in [-0.39, 0.29) is 5.41 Å². The van der Waals surface area contributed by atoms with E-state index in [4.69, 9.17) is 12.2 Å². The summed E-state index contributed by atoms with van der Waals surface area (Å²) in [5.41, 5.74) is 1.15. The van der Waals surface area contributed by atoms with Crippen molar-refractivity contribution in [3.63, 3.8) is 0 Å². The van der Waals surface area contributed by atoms with Gasteiger partial charge in [-0.3, -0.25) is 10.1 Å². The maximum atomic E-state index is 5.24. The van der Waals surface area contributed by atoms with Gasteiger partial charge in [-0.2, -0.15) is 5.10 Å². The third kappa shape index (κ3) is 1.97. The summed E-state index contributed by atoms with van der Waals surface area (Å²) in [4.78, 5) is 4.30. The van der Waals surface area contributed by atoms with E-state index in [0.717, 1.165) is 23.1 Å². The Morgan fingerprint density at radius 1 is 1.47 bits per heavy atom. The van der Waals surface area contributed by atoms with Crippen LogP contribution in [0, 0.1) is 10.7 Å². The van der Waals surface area contributed by atoms with Crippen LogP contribution < -0.4 is 0 Å². The molecule has 1 fully saturated rings. The lowest BCUT2D eigenvalue weighted by Crippen LogP contribution is -2.43. The lowest BCUT2D eigenvalue weighted by atomic mass is 9.59. The molecule has 1 saturated carbocycles. The molecule has 0 radical (unpaired) electrons. The lowest BCUT2D eigenvalue weighted by Gasteiger charge is -2.45. The van der Waals surface area contributed by atoms with Crippen molar-refractivity contribution in [2.24, 2.45) is 13.0 Å². The van der Waals surface area contributed by atoms with E-state index in [1.165, 1.54) is 5.56 Å². The number of halogens is 1. The third-order valence-electron chi connectivity index (χ3n) is 3.96. The van der Waals surface area contributed by atoms with Gasteiger partial charge in [-0.15, -0.1) is 0 Å². The predicted octanol–water partition coefficient (Wildman–Crippen LogP) is 3.35. The standard InChI is InChI=1S/C13H15BrN4S/c1-8-4-13(5-8,9-3-10(14)7-15-6-9)11-16-17-12(19)18(11)2/h3,6-8H,4-5H2,1-2H3,(H,17,19). The highest BCUT2D eigenvalue weighted by Gasteiger charge is 2.48. The molecule has 2 heterocycles. The summed E-state index contributed by atoms with van der Waals surface area (Å²) in [7, 11) is 1.97. The Morgan fingerprint density at radius 3 is 2.74 bits per heavy atom. The fraction of sp³-hybridized carbons (Fsp3) is 0.462. The Bertz CT molecular complexity index is 669. The van der Waals surface area contributed by atoms with Crippen LogP contribution in [-0.4, -0.2) is 19.7 Å². The Hall–Kier alpha value is -1.01. The minimum Gasteiger partial charge on any atom is -0.307 e. The molecule has 2 aromatic heterocycles. The topological polar surface area (TPSA) is 46.5 Å². The number of aromatic amines is 1. The zero-order valence-electron chi connectivity index (χ0n) is 10.9. The van der Waals surface area contributed by atoms with Crippen LogP contribution in [0.3, 0.4) is 0 Å². The number of aromatic nitrogens is 4. The van der Waals surface area contributed by atoms with Crippen molar-refractivity contribution in [1.29, 1.82) is 0 Å². The van der Waals surface area contributed by atoms with E-state index in [1.54, 1.807) is 0 Å². The monoisotopic (exact) mass is 338 g/mol. The van der Waals surface area contributed by atoms with Crippen molar-refractivity contribution < 1.29 is 0 Å². The molecule has 1 aliphatic rings. The number of hydrogen-bond acceptors (Lipinski definition) is 3. The predicted molar refractivity (Wildman–Crippen MR) is 79.5 cm³/mol. The van der Waals surface area contributed by atoms with E-state index < -0.39 is 0 Å². The Balaban J connectivity index is 2.15. The van der Waals surface area contributed by atoms with Crippen LogP contribution in [0.2, 0.25) is 0 Å². The van der Waals surface area contributed by atoms with E-state index in [9.17, 15) is 0 Å². The van der Waals surface area contributed by atoms with Gasteiger partial charge in [0.1, 0.15) is 5.82 Å². The van der Waals surface area contributed by atoms with Crippen LogP contribution >= 0.6 is 28.1 Å². The van der Waals surface area contributed by atoms with Crippen molar-refractivity contribution in [2.45, 2.75) is 25.2 Å². The quantitative estimate of drug-likeness (QED) is 0.854. The second-order valence-corrected chi connectivity index (χ2v) is 6.70. The van der Waals surface area contributed by atoms with Crippen LogP contribution in [0.25, 0.3) is 0 Å². The molecule has 0 aliphatic heterocycles. The number of hydrogen-bond donors (Lipinski definition) is 1. The first-order valence-electron chi connectivity index (χ1n) is 6.26. The molecule has 2 aromatic rings. The minimum absolute atomic E-state index is 0.0570. The molecule has 1 aliphatic carbocycles. The largest absolute Gasteiger partial charge is 0.307 e. The van der Waals surface area contributed by atoms with Crippen molar-refractivity contribution in [3.05, 3.63) is 39.1 Å². The molecule has 0 aromatic carbocycles. The lowest BCUT2D eigenvalue weighted by molar-refractivity contribution is 0.184. The highest BCUT2D eigenvalue weighted by molar-refractivity contribution is 9.10. The highest BCUT2D eigenvalue weighted by Crippen LogP contribution is 2.51. The molecule has 19 heavy (non-hydrogen) atoms. The summed E-state index contributed by atoms with van der Waals surface area (Å²) in [5, 5.41) is 7.35.